The quantitative estimate of drug-likeness (QED) is 0.284. The standard InChI is InChI=1S/C25H20N4O3S/c1-2-12-31-19-10-8-18(9-11-19)23-20(13-26)24(28)29-25(21(23)14-27)33-16-22(30)32-15-17-6-4-3-5-7-17/h2-11H,1,12,15-16H2,(H2,28,29). The number of hydrogen-bond acceptors (Lipinski definition) is 8. The van der Waals surface area contributed by atoms with Crippen molar-refractivity contribution in [3.8, 4) is 29.0 Å². The number of carbonyl (C=O) groups excluding carboxylic acids is 1. The zero-order valence-corrected chi connectivity index (χ0v) is 18.5. The maximum atomic E-state index is 12.2. The van der Waals surface area contributed by atoms with Crippen molar-refractivity contribution in [1.82, 2.24) is 4.98 Å². The fraction of sp³-hybridized carbons (Fsp3) is 0.120. The molecule has 1 heterocycles. The van der Waals surface area contributed by atoms with Crippen molar-refractivity contribution in [3.05, 3.63) is 83.9 Å². The van der Waals surface area contributed by atoms with Crippen LogP contribution in [0.3, 0.4) is 0 Å². The molecule has 8 heteroatoms. The van der Waals surface area contributed by atoms with Crippen LogP contribution < -0.4 is 10.5 Å². The molecule has 2 aromatic carbocycles. The molecule has 2 N–H and O–H groups in total. The maximum absolute atomic E-state index is 12.2. The van der Waals surface area contributed by atoms with E-state index in [-0.39, 0.29) is 34.3 Å². The predicted molar refractivity (Wildman–Crippen MR) is 126 cm³/mol. The highest BCUT2D eigenvalue weighted by Crippen LogP contribution is 2.36. The number of nitrogens with zero attached hydrogens (tertiary/aromatic N) is 3. The minimum atomic E-state index is -0.456. The Labute approximate surface area is 196 Å². The van der Waals surface area contributed by atoms with Crippen molar-refractivity contribution in [2.75, 3.05) is 18.1 Å². The molecule has 1 aromatic heterocycles. The number of ether oxygens (including phenoxy) is 2. The minimum Gasteiger partial charge on any atom is -0.490 e. The van der Waals surface area contributed by atoms with E-state index in [1.54, 1.807) is 30.3 Å². The van der Waals surface area contributed by atoms with E-state index in [0.717, 1.165) is 17.3 Å². The van der Waals surface area contributed by atoms with E-state index >= 15 is 0 Å². The Morgan fingerprint density at radius 2 is 1.79 bits per heavy atom. The molecule has 0 fully saturated rings. The van der Waals surface area contributed by atoms with Gasteiger partial charge in [0.1, 0.15) is 47.5 Å². The molecule has 0 saturated carbocycles. The number of nitriles is 2. The molecule has 0 aliphatic heterocycles. The number of esters is 1. The average molecular weight is 457 g/mol. The summed E-state index contributed by atoms with van der Waals surface area (Å²) < 4.78 is 10.8. The topological polar surface area (TPSA) is 122 Å². The van der Waals surface area contributed by atoms with Gasteiger partial charge in [0.05, 0.1) is 11.3 Å². The molecule has 3 aromatic rings. The lowest BCUT2D eigenvalue weighted by Crippen LogP contribution is -2.09. The molecule has 0 aliphatic rings. The summed E-state index contributed by atoms with van der Waals surface area (Å²) in [5.74, 6) is 0.0861. The number of nitrogen functional groups attached to an aromatic ring is 1. The van der Waals surface area contributed by atoms with E-state index in [2.05, 4.69) is 17.6 Å². The van der Waals surface area contributed by atoms with Gasteiger partial charge in [-0.2, -0.15) is 10.5 Å². The van der Waals surface area contributed by atoms with Crippen LogP contribution >= 0.6 is 11.8 Å². The zero-order chi connectivity index (χ0) is 23.6. The van der Waals surface area contributed by atoms with E-state index in [0.29, 0.717) is 23.5 Å². The lowest BCUT2D eigenvalue weighted by molar-refractivity contribution is -0.141. The molecule has 0 amide bonds. The van der Waals surface area contributed by atoms with Gasteiger partial charge in [-0.25, -0.2) is 4.98 Å². The van der Waals surface area contributed by atoms with Crippen LogP contribution in [0, 0.1) is 22.7 Å². The third-order valence-corrected chi connectivity index (χ3v) is 5.44. The molecule has 7 nitrogen and oxygen atoms in total. The third kappa shape index (κ3) is 5.91. The molecule has 3 rings (SSSR count). The molecule has 0 radical (unpaired) electrons. The second kappa shape index (κ2) is 11.4. The van der Waals surface area contributed by atoms with E-state index < -0.39 is 5.97 Å². The van der Waals surface area contributed by atoms with Gasteiger partial charge in [-0.3, -0.25) is 4.79 Å². The maximum Gasteiger partial charge on any atom is 0.316 e. The minimum absolute atomic E-state index is 0.0152. The Morgan fingerprint density at radius 1 is 1.09 bits per heavy atom. The first-order chi connectivity index (χ1) is 16.1. The van der Waals surface area contributed by atoms with Crippen LogP contribution in [-0.4, -0.2) is 23.3 Å². The molecule has 0 spiro atoms. The first-order valence-electron chi connectivity index (χ1n) is 9.87. The molecule has 0 atom stereocenters. The second-order valence-corrected chi connectivity index (χ2v) is 7.67. The highest BCUT2D eigenvalue weighted by atomic mass is 32.2. The SMILES string of the molecule is C=CCOc1ccc(-c2c(C#N)c(N)nc(SCC(=O)OCc3ccccc3)c2C#N)cc1. The van der Waals surface area contributed by atoms with Crippen molar-refractivity contribution in [2.45, 2.75) is 11.6 Å². The summed E-state index contributed by atoms with van der Waals surface area (Å²) in [4.78, 5) is 16.4. The van der Waals surface area contributed by atoms with Crippen molar-refractivity contribution < 1.29 is 14.3 Å². The lowest BCUT2D eigenvalue weighted by Gasteiger charge is -2.13. The van der Waals surface area contributed by atoms with Gasteiger partial charge >= 0.3 is 5.97 Å². The summed E-state index contributed by atoms with van der Waals surface area (Å²) in [7, 11) is 0. The molecule has 0 unspecified atom stereocenters. The van der Waals surface area contributed by atoms with Gasteiger partial charge < -0.3 is 15.2 Å². The highest BCUT2D eigenvalue weighted by Gasteiger charge is 2.21. The van der Waals surface area contributed by atoms with Crippen LogP contribution in [-0.2, 0) is 16.1 Å². The largest absolute Gasteiger partial charge is 0.490 e. The Bertz CT molecular complexity index is 1230. The number of hydrogen-bond donors (Lipinski definition) is 1. The van der Waals surface area contributed by atoms with Crippen LogP contribution in [0.2, 0.25) is 0 Å². The number of pyridine rings is 1. The number of benzene rings is 2. The van der Waals surface area contributed by atoms with Gasteiger partial charge in [-0.15, -0.1) is 0 Å². The summed E-state index contributed by atoms with van der Waals surface area (Å²) in [5.41, 5.74) is 8.13. The van der Waals surface area contributed by atoms with Gasteiger partial charge in [0.25, 0.3) is 0 Å². The smallest absolute Gasteiger partial charge is 0.316 e. The van der Waals surface area contributed by atoms with Crippen LogP contribution in [0.5, 0.6) is 5.75 Å². The third-order valence-electron chi connectivity index (χ3n) is 4.50. The number of nitrogens with two attached hydrogens (primary N) is 1. The Kier molecular flexibility index (Phi) is 8.07. The van der Waals surface area contributed by atoms with Gasteiger partial charge in [0, 0.05) is 5.56 Å². The fourth-order valence-electron chi connectivity index (χ4n) is 2.97. The fourth-order valence-corrected chi connectivity index (χ4v) is 3.76. The normalized spacial score (nSPS) is 10.0. The summed E-state index contributed by atoms with van der Waals surface area (Å²) in [6.07, 6.45) is 1.63. The molecule has 164 valence electrons. The van der Waals surface area contributed by atoms with E-state index in [1.165, 1.54) is 0 Å². The van der Waals surface area contributed by atoms with Gasteiger partial charge in [-0.05, 0) is 23.3 Å². The Balaban J connectivity index is 1.84. The van der Waals surface area contributed by atoms with Crippen molar-refractivity contribution in [1.29, 1.82) is 10.5 Å². The Hall–Kier alpha value is -4.27. The average Bonchev–Trinajstić information content (AvgIpc) is 2.85. The van der Waals surface area contributed by atoms with E-state index in [1.807, 2.05) is 36.4 Å². The monoisotopic (exact) mass is 456 g/mol. The zero-order valence-electron chi connectivity index (χ0n) is 17.7. The van der Waals surface area contributed by atoms with Crippen molar-refractivity contribution in [2.24, 2.45) is 0 Å². The van der Waals surface area contributed by atoms with Crippen molar-refractivity contribution >= 4 is 23.5 Å². The number of anilines is 1. The predicted octanol–water partition coefficient (Wildman–Crippen LogP) is 4.47. The van der Waals surface area contributed by atoms with Crippen LogP contribution in [0.15, 0.2) is 72.3 Å². The molecular formula is C25H20N4O3S. The number of aromatic nitrogens is 1. The lowest BCUT2D eigenvalue weighted by atomic mass is 9.97. The first kappa shape index (κ1) is 23.4. The number of rotatable bonds is 9. The van der Waals surface area contributed by atoms with Gasteiger partial charge in [-0.1, -0.05) is 66.9 Å². The molecule has 0 aliphatic carbocycles. The number of carbonyl (C=O) groups is 1. The molecule has 0 saturated heterocycles. The van der Waals surface area contributed by atoms with Crippen LogP contribution in [0.1, 0.15) is 16.7 Å². The highest BCUT2D eigenvalue weighted by molar-refractivity contribution is 7.99. The summed E-state index contributed by atoms with van der Waals surface area (Å²) in [5, 5.41) is 19.8. The number of thioether (sulfide) groups is 1. The van der Waals surface area contributed by atoms with Gasteiger partial charge in [0.15, 0.2) is 0 Å². The van der Waals surface area contributed by atoms with E-state index in [4.69, 9.17) is 15.2 Å². The summed E-state index contributed by atoms with van der Waals surface area (Å²) in [6.45, 7) is 4.12. The molecule has 0 bridgehead atoms. The van der Waals surface area contributed by atoms with E-state index in [9.17, 15) is 15.3 Å². The summed E-state index contributed by atoms with van der Waals surface area (Å²) in [6, 6.07) is 20.4. The van der Waals surface area contributed by atoms with Crippen molar-refractivity contribution in [3.63, 3.8) is 0 Å². The Morgan fingerprint density at radius 3 is 2.42 bits per heavy atom. The summed E-state index contributed by atoms with van der Waals surface area (Å²) >= 11 is 1.04. The second-order valence-electron chi connectivity index (χ2n) is 6.71. The molecular weight excluding hydrogens is 436 g/mol. The first-order valence-corrected chi connectivity index (χ1v) is 10.9. The van der Waals surface area contributed by atoms with Gasteiger partial charge in [0.2, 0.25) is 0 Å². The van der Waals surface area contributed by atoms with Crippen LogP contribution in [0.25, 0.3) is 11.1 Å². The van der Waals surface area contributed by atoms with Crippen LogP contribution in [0.4, 0.5) is 5.82 Å². The molecule has 33 heavy (non-hydrogen) atoms.